The van der Waals surface area contributed by atoms with Crippen LogP contribution in [0.5, 0.6) is 0 Å². The third-order valence-electron chi connectivity index (χ3n) is 13.1. The zero-order chi connectivity index (χ0) is 47.5. The number of nitrogens with zero attached hydrogens (tertiary/aromatic N) is 6. The van der Waals surface area contributed by atoms with Crippen molar-refractivity contribution in [3.8, 4) is 79.4 Å². The molecule has 8 aromatic carbocycles. The first kappa shape index (κ1) is 41.8. The minimum absolute atomic E-state index is 0.154. The SMILES string of the molecule is N#Cc1cc(-c2c(-n3c4ccccc4c4ccc(-c5ccnc(-c6ccccc6)c5)cc43)cc(C#N)cc2-n2c3ccccc3c3ccc(-c4ccnc(-c5ccccc5)c4)cc32)cc(C(F)(F)F)c1. The van der Waals surface area contributed by atoms with E-state index in [4.69, 9.17) is 0 Å². The van der Waals surface area contributed by atoms with E-state index < -0.39 is 11.7 Å². The first-order chi connectivity index (χ1) is 34.2. The maximum absolute atomic E-state index is 15.0. The lowest BCUT2D eigenvalue weighted by Gasteiger charge is -2.22. The van der Waals surface area contributed by atoms with Crippen LogP contribution < -0.4 is 0 Å². The highest BCUT2D eigenvalue weighted by atomic mass is 19.4. The van der Waals surface area contributed by atoms with Crippen LogP contribution in [0.3, 0.4) is 0 Å². The van der Waals surface area contributed by atoms with Gasteiger partial charge in [-0.15, -0.1) is 0 Å². The van der Waals surface area contributed by atoms with Gasteiger partial charge in [-0.25, -0.2) is 0 Å². The van der Waals surface area contributed by atoms with Crippen molar-refractivity contribution in [2.75, 3.05) is 0 Å². The van der Waals surface area contributed by atoms with Crippen molar-refractivity contribution in [3.63, 3.8) is 0 Å². The smallest absolute Gasteiger partial charge is 0.308 e. The van der Waals surface area contributed by atoms with Gasteiger partial charge in [0.25, 0.3) is 0 Å². The Kier molecular flexibility index (Phi) is 9.94. The molecule has 0 radical (unpaired) electrons. The summed E-state index contributed by atoms with van der Waals surface area (Å²) in [5, 5.41) is 24.9. The van der Waals surface area contributed by atoms with E-state index in [9.17, 15) is 10.5 Å². The van der Waals surface area contributed by atoms with Crippen molar-refractivity contribution in [1.82, 2.24) is 19.1 Å². The number of halogens is 3. The normalized spacial score (nSPS) is 11.6. The van der Waals surface area contributed by atoms with Gasteiger partial charge in [0.15, 0.2) is 0 Å². The van der Waals surface area contributed by atoms with E-state index in [1.54, 1.807) is 24.5 Å². The molecule has 0 aliphatic rings. The van der Waals surface area contributed by atoms with Crippen LogP contribution in [0.15, 0.2) is 213 Å². The van der Waals surface area contributed by atoms with E-state index in [2.05, 4.69) is 52.4 Å². The van der Waals surface area contributed by atoms with Crippen molar-refractivity contribution in [2.24, 2.45) is 0 Å². The van der Waals surface area contributed by atoms with E-state index in [1.165, 1.54) is 6.07 Å². The zero-order valence-corrected chi connectivity index (χ0v) is 37.0. The van der Waals surface area contributed by atoms with E-state index in [1.807, 2.05) is 149 Å². The highest BCUT2D eigenvalue weighted by Crippen LogP contribution is 2.45. The molecular weight excluding hydrogens is 874 g/mol. The molecule has 330 valence electrons. The fourth-order valence-corrected chi connectivity index (χ4v) is 9.90. The monoisotopic (exact) mass is 908 g/mol. The van der Waals surface area contributed by atoms with Gasteiger partial charge in [-0.2, -0.15) is 23.7 Å². The van der Waals surface area contributed by atoms with Gasteiger partial charge in [-0.3, -0.25) is 9.97 Å². The highest BCUT2D eigenvalue weighted by molar-refractivity contribution is 6.13. The molecule has 4 heterocycles. The summed E-state index contributed by atoms with van der Waals surface area (Å²) >= 11 is 0. The minimum atomic E-state index is -4.77. The van der Waals surface area contributed by atoms with Gasteiger partial charge in [0, 0.05) is 50.6 Å². The number of hydrogen-bond donors (Lipinski definition) is 0. The standard InChI is InChI=1S/C61H35F3N6/c62-61(63,64)47-28-38(36-65)27-46(31-47)60-58(69-54-17-9-7-15-48(54)50-21-19-42(34-56(50)69)44-23-25-67-52(32-44)40-11-3-1-4-12-40)29-39(37-66)30-59(60)70-55-18-10-8-16-49(55)51-22-20-43(35-57(51)70)45-24-26-68-53(33-45)41-13-5-2-6-14-41/h1-35H. The number of nitriles is 2. The van der Waals surface area contributed by atoms with E-state index in [0.717, 1.165) is 101 Å². The number of para-hydroxylation sites is 2. The third-order valence-corrected chi connectivity index (χ3v) is 13.1. The number of fused-ring (bicyclic) bond motifs is 6. The largest absolute Gasteiger partial charge is 0.416 e. The van der Waals surface area contributed by atoms with Crippen LogP contribution in [0.25, 0.3) is 111 Å². The second kappa shape index (κ2) is 16.6. The second-order valence-electron chi connectivity index (χ2n) is 17.2. The quantitative estimate of drug-likeness (QED) is 0.159. The van der Waals surface area contributed by atoms with E-state index >= 15 is 13.2 Å². The summed E-state index contributed by atoms with van der Waals surface area (Å²) < 4.78 is 49.1. The molecule has 12 rings (SSSR count). The number of alkyl halides is 3. The van der Waals surface area contributed by atoms with Crippen molar-refractivity contribution in [2.45, 2.75) is 6.18 Å². The molecule has 4 aromatic heterocycles. The first-order valence-corrected chi connectivity index (χ1v) is 22.6. The van der Waals surface area contributed by atoms with Crippen LogP contribution in [-0.2, 0) is 6.18 Å². The molecule has 0 atom stereocenters. The van der Waals surface area contributed by atoms with Gasteiger partial charge in [-0.1, -0.05) is 121 Å². The predicted octanol–water partition coefficient (Wildman–Crippen LogP) is 15.8. The van der Waals surface area contributed by atoms with Crippen molar-refractivity contribution >= 4 is 43.6 Å². The number of benzene rings is 8. The zero-order valence-electron chi connectivity index (χ0n) is 37.0. The van der Waals surface area contributed by atoms with Crippen LogP contribution >= 0.6 is 0 Å². The topological polar surface area (TPSA) is 83.2 Å². The summed E-state index contributed by atoms with van der Waals surface area (Å²) in [4.78, 5) is 9.34. The summed E-state index contributed by atoms with van der Waals surface area (Å²) in [6, 6.07) is 67.5. The average molecular weight is 909 g/mol. The second-order valence-corrected chi connectivity index (χ2v) is 17.2. The Morgan fingerprint density at radius 3 is 1.27 bits per heavy atom. The highest BCUT2D eigenvalue weighted by Gasteiger charge is 2.33. The van der Waals surface area contributed by atoms with Crippen LogP contribution in [-0.4, -0.2) is 19.1 Å². The molecule has 0 saturated heterocycles. The lowest BCUT2D eigenvalue weighted by atomic mass is 9.94. The molecule has 0 aliphatic heterocycles. The van der Waals surface area contributed by atoms with Gasteiger partial charge in [0.05, 0.1) is 73.7 Å². The Morgan fingerprint density at radius 1 is 0.371 bits per heavy atom. The lowest BCUT2D eigenvalue weighted by Crippen LogP contribution is -2.08. The Hall–Kier alpha value is -9.57. The number of rotatable bonds is 7. The Morgan fingerprint density at radius 2 is 0.800 bits per heavy atom. The van der Waals surface area contributed by atoms with E-state index in [0.29, 0.717) is 16.9 Å². The van der Waals surface area contributed by atoms with Crippen molar-refractivity contribution < 1.29 is 13.2 Å². The number of pyridine rings is 2. The van der Waals surface area contributed by atoms with Crippen molar-refractivity contribution in [3.05, 3.63) is 229 Å². The maximum Gasteiger partial charge on any atom is 0.416 e. The van der Waals surface area contributed by atoms with Crippen LogP contribution in [0.2, 0.25) is 0 Å². The van der Waals surface area contributed by atoms with Crippen LogP contribution in [0.1, 0.15) is 16.7 Å². The molecule has 0 amide bonds. The molecule has 0 spiro atoms. The Balaban J connectivity index is 1.18. The predicted molar refractivity (Wildman–Crippen MR) is 272 cm³/mol. The van der Waals surface area contributed by atoms with Crippen LogP contribution in [0, 0.1) is 22.7 Å². The van der Waals surface area contributed by atoms with Gasteiger partial charge in [0.2, 0.25) is 0 Å². The number of hydrogen-bond acceptors (Lipinski definition) is 4. The minimum Gasteiger partial charge on any atom is -0.308 e. The lowest BCUT2D eigenvalue weighted by molar-refractivity contribution is -0.137. The third kappa shape index (κ3) is 7.13. The molecule has 0 aliphatic carbocycles. The molecule has 9 heteroatoms. The molecule has 6 nitrogen and oxygen atoms in total. The molecule has 0 saturated carbocycles. The van der Waals surface area contributed by atoms with Gasteiger partial charge >= 0.3 is 6.18 Å². The van der Waals surface area contributed by atoms with Crippen molar-refractivity contribution in [1.29, 1.82) is 10.5 Å². The summed E-state index contributed by atoms with van der Waals surface area (Å²) in [6.07, 6.45) is -1.20. The summed E-state index contributed by atoms with van der Waals surface area (Å²) in [6.45, 7) is 0. The Labute approximate surface area is 399 Å². The van der Waals surface area contributed by atoms with Gasteiger partial charge in [-0.05, 0) is 107 Å². The molecule has 0 fully saturated rings. The molecule has 0 unspecified atom stereocenters. The van der Waals surface area contributed by atoms with E-state index in [-0.39, 0.29) is 16.7 Å². The van der Waals surface area contributed by atoms with Crippen LogP contribution in [0.4, 0.5) is 13.2 Å². The summed E-state index contributed by atoms with van der Waals surface area (Å²) in [5.74, 6) is 0. The summed E-state index contributed by atoms with van der Waals surface area (Å²) in [5.41, 5.74) is 10.9. The molecule has 12 aromatic rings. The first-order valence-electron chi connectivity index (χ1n) is 22.6. The molecular formula is C61H35F3N6. The molecule has 0 bridgehead atoms. The Bertz CT molecular complexity index is 3920. The maximum atomic E-state index is 15.0. The average Bonchev–Trinajstić information content (AvgIpc) is 3.93. The van der Waals surface area contributed by atoms with Gasteiger partial charge in [0.1, 0.15) is 0 Å². The number of aromatic nitrogens is 4. The molecule has 70 heavy (non-hydrogen) atoms. The summed E-state index contributed by atoms with van der Waals surface area (Å²) in [7, 11) is 0. The van der Waals surface area contributed by atoms with Gasteiger partial charge < -0.3 is 9.13 Å². The molecule has 0 N–H and O–H groups in total. The fraction of sp³-hybridized carbons (Fsp3) is 0.0164. The fourth-order valence-electron chi connectivity index (χ4n) is 9.90.